The summed E-state index contributed by atoms with van der Waals surface area (Å²) in [6.45, 7) is 5.42. The van der Waals surface area contributed by atoms with Gasteiger partial charge in [0.1, 0.15) is 0 Å². The van der Waals surface area contributed by atoms with E-state index >= 15 is 0 Å². The number of Topliss-reactive ketones (excluding diaryl/α,β-unsaturated/α-hetero) is 1. The minimum absolute atomic E-state index is 0.0399. The monoisotopic (exact) mass is 202 g/mol. The average Bonchev–Trinajstić information content (AvgIpc) is 2.63. The standard InChI is InChI=1S/C12H10OS/c1-8(2)11(13)10-5-3-4-9-6-7-14-12(9)10/h3-7H,1H2,2H3. The fraction of sp³-hybridized carbons (Fsp3) is 0.0833. The predicted octanol–water partition coefficient (Wildman–Crippen LogP) is 3.66. The van der Waals surface area contributed by atoms with Gasteiger partial charge in [-0.25, -0.2) is 0 Å². The molecule has 0 saturated carbocycles. The van der Waals surface area contributed by atoms with E-state index in [1.807, 2.05) is 29.6 Å². The van der Waals surface area contributed by atoms with Crippen molar-refractivity contribution in [3.8, 4) is 0 Å². The van der Waals surface area contributed by atoms with Crippen LogP contribution in [0.4, 0.5) is 0 Å². The normalized spacial score (nSPS) is 10.4. The Morgan fingerprint density at radius 3 is 2.86 bits per heavy atom. The van der Waals surface area contributed by atoms with Crippen LogP contribution in [-0.4, -0.2) is 5.78 Å². The zero-order valence-corrected chi connectivity index (χ0v) is 8.73. The van der Waals surface area contributed by atoms with Crippen molar-refractivity contribution in [3.05, 3.63) is 47.4 Å². The van der Waals surface area contributed by atoms with E-state index in [9.17, 15) is 4.79 Å². The van der Waals surface area contributed by atoms with E-state index in [2.05, 4.69) is 6.58 Å². The van der Waals surface area contributed by atoms with Crippen LogP contribution in [0.3, 0.4) is 0 Å². The molecule has 0 spiro atoms. The van der Waals surface area contributed by atoms with E-state index in [4.69, 9.17) is 0 Å². The van der Waals surface area contributed by atoms with Gasteiger partial charge in [-0.15, -0.1) is 11.3 Å². The molecule has 2 rings (SSSR count). The Labute approximate surface area is 86.7 Å². The van der Waals surface area contributed by atoms with Crippen molar-refractivity contribution in [2.24, 2.45) is 0 Å². The van der Waals surface area contributed by atoms with Crippen molar-refractivity contribution < 1.29 is 4.79 Å². The minimum atomic E-state index is 0.0399. The molecule has 0 amide bonds. The van der Waals surface area contributed by atoms with Crippen LogP contribution < -0.4 is 0 Å². The lowest BCUT2D eigenvalue weighted by atomic mass is 10.0. The number of ketones is 1. The average molecular weight is 202 g/mol. The molecule has 0 atom stereocenters. The van der Waals surface area contributed by atoms with Crippen molar-refractivity contribution in [1.29, 1.82) is 0 Å². The molecule has 0 aliphatic heterocycles. The molecule has 1 heterocycles. The van der Waals surface area contributed by atoms with Crippen molar-refractivity contribution in [2.75, 3.05) is 0 Å². The molecule has 0 aliphatic rings. The lowest BCUT2D eigenvalue weighted by Gasteiger charge is -2.00. The van der Waals surface area contributed by atoms with Gasteiger partial charge in [0.2, 0.25) is 0 Å². The third kappa shape index (κ3) is 1.38. The van der Waals surface area contributed by atoms with E-state index in [-0.39, 0.29) is 5.78 Å². The molecule has 1 aromatic carbocycles. The number of benzene rings is 1. The van der Waals surface area contributed by atoms with Gasteiger partial charge in [-0.1, -0.05) is 18.7 Å². The van der Waals surface area contributed by atoms with Gasteiger partial charge >= 0.3 is 0 Å². The van der Waals surface area contributed by atoms with Gasteiger partial charge in [0.25, 0.3) is 0 Å². The lowest BCUT2D eigenvalue weighted by Crippen LogP contribution is -1.98. The predicted molar refractivity (Wildman–Crippen MR) is 61.0 cm³/mol. The summed E-state index contributed by atoms with van der Waals surface area (Å²) in [6.07, 6.45) is 0. The number of thiophene rings is 1. The highest BCUT2D eigenvalue weighted by atomic mass is 32.1. The quantitative estimate of drug-likeness (QED) is 0.536. The Morgan fingerprint density at radius 1 is 1.36 bits per heavy atom. The Kier molecular flexibility index (Phi) is 2.22. The first-order chi connectivity index (χ1) is 6.70. The second kappa shape index (κ2) is 3.39. The van der Waals surface area contributed by atoms with Gasteiger partial charge in [0.15, 0.2) is 5.78 Å². The highest BCUT2D eigenvalue weighted by Crippen LogP contribution is 2.25. The third-order valence-electron chi connectivity index (χ3n) is 2.11. The molecule has 70 valence electrons. The Balaban J connectivity index is 2.67. The van der Waals surface area contributed by atoms with Crippen LogP contribution in [0, 0.1) is 0 Å². The van der Waals surface area contributed by atoms with Crippen molar-refractivity contribution >= 4 is 27.2 Å². The summed E-state index contributed by atoms with van der Waals surface area (Å²) in [5.74, 6) is 0.0399. The molecule has 0 aliphatic carbocycles. The van der Waals surface area contributed by atoms with Crippen LogP contribution in [0.1, 0.15) is 17.3 Å². The van der Waals surface area contributed by atoms with Gasteiger partial charge < -0.3 is 0 Å². The number of fused-ring (bicyclic) bond motifs is 1. The molecular weight excluding hydrogens is 192 g/mol. The van der Waals surface area contributed by atoms with Gasteiger partial charge in [-0.3, -0.25) is 4.79 Å². The summed E-state index contributed by atoms with van der Waals surface area (Å²) in [6, 6.07) is 7.80. The number of carbonyl (C=O) groups is 1. The summed E-state index contributed by atoms with van der Waals surface area (Å²) in [5.41, 5.74) is 1.36. The van der Waals surface area contributed by atoms with Crippen LogP contribution in [0.5, 0.6) is 0 Å². The molecular formula is C12H10OS. The molecule has 0 fully saturated rings. The largest absolute Gasteiger partial charge is 0.289 e. The van der Waals surface area contributed by atoms with Crippen LogP contribution in [0.2, 0.25) is 0 Å². The highest BCUT2D eigenvalue weighted by molar-refractivity contribution is 7.17. The minimum Gasteiger partial charge on any atom is -0.289 e. The first-order valence-electron chi connectivity index (χ1n) is 4.36. The molecule has 0 N–H and O–H groups in total. The summed E-state index contributed by atoms with van der Waals surface area (Å²) in [5, 5.41) is 3.13. The second-order valence-electron chi connectivity index (χ2n) is 3.25. The molecule has 1 aromatic heterocycles. The Bertz CT molecular complexity index is 508. The number of hydrogen-bond acceptors (Lipinski definition) is 2. The first-order valence-corrected chi connectivity index (χ1v) is 5.24. The summed E-state index contributed by atoms with van der Waals surface area (Å²) in [7, 11) is 0. The maximum atomic E-state index is 11.8. The zero-order chi connectivity index (χ0) is 10.1. The van der Waals surface area contributed by atoms with Crippen LogP contribution in [-0.2, 0) is 0 Å². The molecule has 0 bridgehead atoms. The zero-order valence-electron chi connectivity index (χ0n) is 7.91. The smallest absolute Gasteiger partial charge is 0.189 e. The van der Waals surface area contributed by atoms with Crippen molar-refractivity contribution in [1.82, 2.24) is 0 Å². The molecule has 0 unspecified atom stereocenters. The van der Waals surface area contributed by atoms with E-state index in [0.29, 0.717) is 5.57 Å². The van der Waals surface area contributed by atoms with Gasteiger partial charge in [0.05, 0.1) is 0 Å². The Morgan fingerprint density at radius 2 is 2.14 bits per heavy atom. The molecule has 0 saturated heterocycles. The fourth-order valence-electron chi connectivity index (χ4n) is 1.40. The van der Waals surface area contributed by atoms with E-state index < -0.39 is 0 Å². The fourth-order valence-corrected chi connectivity index (χ4v) is 2.31. The lowest BCUT2D eigenvalue weighted by molar-refractivity contribution is 0.103. The van der Waals surface area contributed by atoms with Gasteiger partial charge in [-0.05, 0) is 35.4 Å². The number of allylic oxidation sites excluding steroid dienone is 1. The topological polar surface area (TPSA) is 17.1 Å². The number of rotatable bonds is 2. The second-order valence-corrected chi connectivity index (χ2v) is 4.17. The summed E-state index contributed by atoms with van der Waals surface area (Å²) in [4.78, 5) is 11.8. The first kappa shape index (κ1) is 9.16. The molecule has 2 aromatic rings. The number of carbonyl (C=O) groups excluding carboxylic acids is 1. The van der Waals surface area contributed by atoms with Gasteiger partial charge in [0, 0.05) is 10.3 Å². The SMILES string of the molecule is C=C(C)C(=O)c1cccc2ccsc12. The van der Waals surface area contributed by atoms with Crippen LogP contribution in [0.25, 0.3) is 10.1 Å². The van der Waals surface area contributed by atoms with Gasteiger partial charge in [-0.2, -0.15) is 0 Å². The molecule has 14 heavy (non-hydrogen) atoms. The maximum absolute atomic E-state index is 11.8. The van der Waals surface area contributed by atoms with Crippen LogP contribution >= 0.6 is 11.3 Å². The van der Waals surface area contributed by atoms with Crippen molar-refractivity contribution in [2.45, 2.75) is 6.92 Å². The molecule has 2 heteroatoms. The third-order valence-corrected chi connectivity index (χ3v) is 3.07. The van der Waals surface area contributed by atoms with E-state index in [1.165, 1.54) is 0 Å². The Hall–Kier alpha value is -1.41. The highest BCUT2D eigenvalue weighted by Gasteiger charge is 2.10. The summed E-state index contributed by atoms with van der Waals surface area (Å²) >= 11 is 1.60. The van der Waals surface area contributed by atoms with Crippen LogP contribution in [0.15, 0.2) is 41.8 Å². The maximum Gasteiger partial charge on any atom is 0.189 e. The van der Waals surface area contributed by atoms with Crippen molar-refractivity contribution in [3.63, 3.8) is 0 Å². The number of hydrogen-bond donors (Lipinski definition) is 0. The molecule has 0 radical (unpaired) electrons. The van der Waals surface area contributed by atoms with E-state index in [1.54, 1.807) is 18.3 Å². The molecule has 1 nitrogen and oxygen atoms in total. The van der Waals surface area contributed by atoms with E-state index in [0.717, 1.165) is 15.6 Å². The summed E-state index contributed by atoms with van der Waals surface area (Å²) < 4.78 is 1.06.